The normalized spacial score (nSPS) is 13.0. The lowest BCUT2D eigenvalue weighted by molar-refractivity contribution is -0.142. The highest BCUT2D eigenvalue weighted by molar-refractivity contribution is 7.99. The smallest absolute Gasteiger partial charge is 0.360 e. The van der Waals surface area contributed by atoms with Crippen molar-refractivity contribution < 1.29 is 22.5 Å². The number of hydrogen-bond donors (Lipinski definition) is 1. The third-order valence-corrected chi connectivity index (χ3v) is 5.25. The summed E-state index contributed by atoms with van der Waals surface area (Å²) in [6.07, 6.45) is -3.88. The van der Waals surface area contributed by atoms with Gasteiger partial charge in [-0.05, 0) is 25.3 Å². The summed E-state index contributed by atoms with van der Waals surface area (Å²) in [7, 11) is 0. The number of carbonyl (C=O) groups is 1. The molecule has 1 aliphatic carbocycles. The number of rotatable bonds is 4. The molecular formula is C19H15F3N4O2S. The molecule has 2 heterocycles. The predicted octanol–water partition coefficient (Wildman–Crippen LogP) is 4.29. The molecule has 0 radical (unpaired) electrons. The van der Waals surface area contributed by atoms with Gasteiger partial charge in [-0.2, -0.15) is 13.2 Å². The van der Waals surface area contributed by atoms with E-state index in [4.69, 9.17) is 4.52 Å². The number of nitrogens with one attached hydrogen (secondary N) is 1. The fourth-order valence-electron chi connectivity index (χ4n) is 3.19. The predicted molar refractivity (Wildman–Crippen MR) is 100 cm³/mol. The van der Waals surface area contributed by atoms with Gasteiger partial charge in [0, 0.05) is 17.2 Å². The summed E-state index contributed by atoms with van der Waals surface area (Å²) in [6, 6.07) is 8.80. The molecule has 0 atom stereocenters. The third-order valence-electron chi connectivity index (χ3n) is 4.40. The van der Waals surface area contributed by atoms with Gasteiger partial charge in [0.15, 0.2) is 16.7 Å². The lowest BCUT2D eigenvalue weighted by Crippen LogP contribution is -2.19. The topological polar surface area (TPSA) is 80.9 Å². The van der Waals surface area contributed by atoms with E-state index in [-0.39, 0.29) is 34.4 Å². The molecule has 1 N–H and O–H groups in total. The summed E-state index contributed by atoms with van der Waals surface area (Å²) in [4.78, 5) is 20.1. The number of carbonyl (C=O) groups excluding carboxylic acids is 1. The largest absolute Gasteiger partial charge is 0.433 e. The Kier molecular flexibility index (Phi) is 5.03. The first-order chi connectivity index (χ1) is 13.8. The molecule has 1 aromatic carbocycles. The first-order valence-corrected chi connectivity index (χ1v) is 9.72. The van der Waals surface area contributed by atoms with Crippen LogP contribution in [0.15, 0.2) is 40.0 Å². The van der Waals surface area contributed by atoms with Crippen molar-refractivity contribution in [3.8, 4) is 11.3 Å². The second-order valence-corrected chi connectivity index (χ2v) is 7.44. The number of alkyl halides is 3. The molecule has 0 fully saturated rings. The Labute approximate surface area is 167 Å². The number of thioether (sulfide) groups is 1. The number of benzene rings is 1. The molecule has 1 amide bonds. The molecule has 3 aromatic rings. The molecule has 0 bridgehead atoms. The van der Waals surface area contributed by atoms with Crippen molar-refractivity contribution in [2.75, 3.05) is 11.1 Å². The van der Waals surface area contributed by atoms with Crippen LogP contribution in [0.2, 0.25) is 0 Å². The van der Waals surface area contributed by atoms with Crippen molar-refractivity contribution in [2.45, 2.75) is 31.1 Å². The molecule has 0 saturated heterocycles. The standard InChI is InChI=1S/C19H15F3N4O2S/c1-10-8-14(26-28-10)23-15(27)9-29-18-24-16-12-5-3-2-4-11(12)6-7-13(16)17(25-18)19(20,21)22/h2-5,8H,6-7,9H2,1H3,(H,23,26,27). The van der Waals surface area contributed by atoms with Gasteiger partial charge < -0.3 is 9.84 Å². The van der Waals surface area contributed by atoms with Crippen LogP contribution in [0.25, 0.3) is 11.3 Å². The average molecular weight is 420 g/mol. The van der Waals surface area contributed by atoms with Crippen LogP contribution in [0.3, 0.4) is 0 Å². The van der Waals surface area contributed by atoms with Crippen LogP contribution in [0, 0.1) is 6.92 Å². The molecule has 0 spiro atoms. The van der Waals surface area contributed by atoms with E-state index in [2.05, 4.69) is 20.4 Å². The number of fused-ring (bicyclic) bond motifs is 3. The fraction of sp³-hybridized carbons (Fsp3) is 0.263. The quantitative estimate of drug-likeness (QED) is 0.501. The van der Waals surface area contributed by atoms with E-state index in [1.807, 2.05) is 12.1 Å². The lowest BCUT2D eigenvalue weighted by Gasteiger charge is -2.22. The summed E-state index contributed by atoms with van der Waals surface area (Å²) < 4.78 is 45.7. The molecule has 0 unspecified atom stereocenters. The van der Waals surface area contributed by atoms with Gasteiger partial charge in [-0.15, -0.1) is 0 Å². The van der Waals surface area contributed by atoms with Gasteiger partial charge in [0.2, 0.25) is 5.91 Å². The van der Waals surface area contributed by atoms with E-state index in [0.717, 1.165) is 17.3 Å². The second kappa shape index (κ2) is 7.51. The first-order valence-electron chi connectivity index (χ1n) is 8.73. The Morgan fingerprint density at radius 1 is 1.24 bits per heavy atom. The maximum atomic E-state index is 13.6. The molecule has 10 heteroatoms. The van der Waals surface area contributed by atoms with Crippen molar-refractivity contribution in [1.29, 1.82) is 0 Å². The molecule has 0 saturated carbocycles. The highest BCUT2D eigenvalue weighted by Crippen LogP contribution is 2.40. The SMILES string of the molecule is Cc1cc(NC(=O)CSc2nc3c(c(C(F)(F)F)n2)CCc2ccccc2-3)no1. The van der Waals surface area contributed by atoms with Crippen LogP contribution in [-0.2, 0) is 23.8 Å². The molecule has 2 aromatic heterocycles. The number of aromatic nitrogens is 3. The highest BCUT2D eigenvalue weighted by Gasteiger charge is 2.38. The van der Waals surface area contributed by atoms with Crippen LogP contribution in [-0.4, -0.2) is 26.8 Å². The van der Waals surface area contributed by atoms with Gasteiger partial charge in [-0.1, -0.05) is 41.2 Å². The Morgan fingerprint density at radius 2 is 2.03 bits per heavy atom. The third kappa shape index (κ3) is 4.12. The number of anilines is 1. The number of nitrogens with zero attached hydrogens (tertiary/aromatic N) is 3. The summed E-state index contributed by atoms with van der Waals surface area (Å²) in [6.45, 7) is 1.68. The minimum atomic E-state index is -4.60. The monoisotopic (exact) mass is 420 g/mol. The average Bonchev–Trinajstić information content (AvgIpc) is 3.09. The first kappa shape index (κ1) is 19.4. The van der Waals surface area contributed by atoms with E-state index in [9.17, 15) is 18.0 Å². The zero-order valence-electron chi connectivity index (χ0n) is 15.2. The summed E-state index contributed by atoms with van der Waals surface area (Å²) in [5.74, 6) is 0.159. The Morgan fingerprint density at radius 3 is 2.76 bits per heavy atom. The molecule has 1 aliphatic rings. The maximum Gasteiger partial charge on any atom is 0.433 e. The van der Waals surface area contributed by atoms with E-state index < -0.39 is 17.8 Å². The van der Waals surface area contributed by atoms with Crippen molar-refractivity contribution >= 4 is 23.5 Å². The van der Waals surface area contributed by atoms with Crippen LogP contribution in [0.1, 0.15) is 22.6 Å². The number of hydrogen-bond acceptors (Lipinski definition) is 6. The zero-order chi connectivity index (χ0) is 20.6. The maximum absolute atomic E-state index is 13.6. The number of amides is 1. The summed E-state index contributed by atoms with van der Waals surface area (Å²) in [5.41, 5.74) is 1.06. The molecule has 0 aliphatic heterocycles. The van der Waals surface area contributed by atoms with Crippen LogP contribution < -0.4 is 5.32 Å². The number of halogens is 3. The van der Waals surface area contributed by atoms with Crippen molar-refractivity contribution in [3.05, 3.63) is 52.9 Å². The molecule has 4 rings (SSSR count). The summed E-state index contributed by atoms with van der Waals surface area (Å²) >= 11 is 0.840. The van der Waals surface area contributed by atoms with Gasteiger partial charge in [-0.3, -0.25) is 4.79 Å². The summed E-state index contributed by atoms with van der Waals surface area (Å²) in [5, 5.41) is 6.06. The Hall–Kier alpha value is -2.88. The Bertz CT molecular complexity index is 1080. The van der Waals surface area contributed by atoms with Gasteiger partial charge in [0.05, 0.1) is 11.4 Å². The van der Waals surface area contributed by atoms with E-state index in [1.54, 1.807) is 19.1 Å². The van der Waals surface area contributed by atoms with Gasteiger partial charge in [0.1, 0.15) is 5.76 Å². The van der Waals surface area contributed by atoms with Crippen LogP contribution in [0.5, 0.6) is 0 Å². The molecular weight excluding hydrogens is 405 g/mol. The Balaban J connectivity index is 1.62. The van der Waals surface area contributed by atoms with Gasteiger partial charge in [0.25, 0.3) is 0 Å². The van der Waals surface area contributed by atoms with E-state index >= 15 is 0 Å². The molecule has 29 heavy (non-hydrogen) atoms. The number of aryl methyl sites for hydroxylation is 2. The van der Waals surface area contributed by atoms with Crippen LogP contribution >= 0.6 is 11.8 Å². The zero-order valence-corrected chi connectivity index (χ0v) is 16.0. The minimum Gasteiger partial charge on any atom is -0.360 e. The second-order valence-electron chi connectivity index (χ2n) is 6.50. The van der Waals surface area contributed by atoms with Crippen LogP contribution in [0.4, 0.5) is 19.0 Å². The van der Waals surface area contributed by atoms with Crippen molar-refractivity contribution in [1.82, 2.24) is 15.1 Å². The highest BCUT2D eigenvalue weighted by atomic mass is 32.2. The fourth-order valence-corrected chi connectivity index (χ4v) is 3.83. The van der Waals surface area contributed by atoms with E-state index in [0.29, 0.717) is 17.7 Å². The van der Waals surface area contributed by atoms with Crippen molar-refractivity contribution in [3.63, 3.8) is 0 Å². The van der Waals surface area contributed by atoms with Gasteiger partial charge >= 0.3 is 6.18 Å². The lowest BCUT2D eigenvalue weighted by atomic mass is 9.88. The van der Waals surface area contributed by atoms with Gasteiger partial charge in [-0.25, -0.2) is 9.97 Å². The molecule has 6 nitrogen and oxygen atoms in total. The van der Waals surface area contributed by atoms with Crippen molar-refractivity contribution in [2.24, 2.45) is 0 Å². The molecule has 150 valence electrons. The van der Waals surface area contributed by atoms with E-state index in [1.165, 1.54) is 6.07 Å². The minimum absolute atomic E-state index is 0.0979.